The van der Waals surface area contributed by atoms with E-state index in [-0.39, 0.29) is 17.3 Å². The number of H-pyrrole nitrogens is 1. The molecule has 154 valence electrons. The Morgan fingerprint density at radius 1 is 1.31 bits per heavy atom. The fourth-order valence-electron chi connectivity index (χ4n) is 4.26. The molecule has 1 aromatic carbocycles. The van der Waals surface area contributed by atoms with Gasteiger partial charge in [0.25, 0.3) is 5.56 Å². The van der Waals surface area contributed by atoms with Crippen molar-refractivity contribution >= 4 is 39.4 Å². The number of nitrogens with two attached hydrogens (primary N) is 1. The Labute approximate surface area is 182 Å². The fourth-order valence-corrected chi connectivity index (χ4v) is 4.80. The molecule has 0 amide bonds. The van der Waals surface area contributed by atoms with Crippen molar-refractivity contribution in [1.29, 1.82) is 0 Å². The van der Waals surface area contributed by atoms with Gasteiger partial charge in [0.1, 0.15) is 11.3 Å². The molecule has 0 aliphatic heterocycles. The molecule has 1 aliphatic carbocycles. The summed E-state index contributed by atoms with van der Waals surface area (Å²) in [5.41, 5.74) is 7.92. The summed E-state index contributed by atoms with van der Waals surface area (Å²) in [5, 5.41) is 0. The number of nitrogen functional groups attached to an aromatic ring is 1. The van der Waals surface area contributed by atoms with Crippen LogP contribution in [0.5, 0.6) is 0 Å². The highest BCUT2D eigenvalue weighted by Gasteiger charge is 2.25. The second-order valence-electron chi connectivity index (χ2n) is 7.87. The highest BCUT2D eigenvalue weighted by atomic mass is 127. The van der Waals surface area contributed by atoms with Gasteiger partial charge in [-0.15, -0.1) is 0 Å². The van der Waals surface area contributed by atoms with Crippen LogP contribution in [-0.2, 0) is 6.54 Å². The number of halogens is 1. The van der Waals surface area contributed by atoms with Gasteiger partial charge < -0.3 is 10.7 Å². The first-order chi connectivity index (χ1) is 13.9. The van der Waals surface area contributed by atoms with Crippen LogP contribution in [0.4, 0.5) is 5.69 Å². The summed E-state index contributed by atoms with van der Waals surface area (Å²) in [4.78, 5) is 34.4. The molecule has 1 fully saturated rings. The van der Waals surface area contributed by atoms with Gasteiger partial charge in [-0.3, -0.25) is 13.9 Å². The molecule has 29 heavy (non-hydrogen) atoms. The molecule has 0 saturated heterocycles. The van der Waals surface area contributed by atoms with Crippen LogP contribution >= 0.6 is 22.6 Å². The Kier molecular flexibility index (Phi) is 5.54. The van der Waals surface area contributed by atoms with E-state index in [9.17, 15) is 9.59 Å². The molecule has 1 unspecified atom stereocenters. The van der Waals surface area contributed by atoms with Crippen molar-refractivity contribution < 1.29 is 0 Å². The molecule has 1 aliphatic rings. The molecule has 2 aromatic heterocycles. The van der Waals surface area contributed by atoms with Crippen molar-refractivity contribution in [3.05, 3.63) is 54.0 Å². The highest BCUT2D eigenvalue weighted by Crippen LogP contribution is 2.33. The van der Waals surface area contributed by atoms with Crippen LogP contribution in [-0.4, -0.2) is 19.1 Å². The van der Waals surface area contributed by atoms with Crippen LogP contribution in [0.1, 0.15) is 69.3 Å². The van der Waals surface area contributed by atoms with Gasteiger partial charge in [-0.2, -0.15) is 0 Å². The zero-order chi connectivity index (χ0) is 20.7. The van der Waals surface area contributed by atoms with E-state index in [1.165, 1.54) is 17.4 Å². The molecule has 1 atom stereocenters. The van der Waals surface area contributed by atoms with Gasteiger partial charge in [-0.05, 0) is 66.5 Å². The smallest absolute Gasteiger partial charge is 0.333 e. The molecule has 7 nitrogen and oxygen atoms in total. The Balaban J connectivity index is 1.96. The number of anilines is 1. The predicted molar refractivity (Wildman–Crippen MR) is 123 cm³/mol. The number of imidazole rings is 1. The van der Waals surface area contributed by atoms with E-state index in [0.29, 0.717) is 35.7 Å². The number of benzene rings is 1. The second kappa shape index (κ2) is 7.97. The van der Waals surface area contributed by atoms with Gasteiger partial charge in [0.2, 0.25) is 0 Å². The largest absolute Gasteiger partial charge is 0.398 e. The van der Waals surface area contributed by atoms with Crippen molar-refractivity contribution in [2.45, 2.75) is 64.5 Å². The first kappa shape index (κ1) is 20.2. The number of hydrogen-bond acceptors (Lipinski definition) is 4. The lowest BCUT2D eigenvalue weighted by Crippen LogP contribution is -2.41. The van der Waals surface area contributed by atoms with E-state index >= 15 is 0 Å². The molecular formula is C21H26IN5O2. The minimum Gasteiger partial charge on any atom is -0.398 e. The lowest BCUT2D eigenvalue weighted by molar-refractivity contribution is 0.537. The van der Waals surface area contributed by atoms with E-state index in [4.69, 9.17) is 10.7 Å². The Morgan fingerprint density at radius 2 is 2.03 bits per heavy atom. The molecule has 0 bridgehead atoms. The van der Waals surface area contributed by atoms with Gasteiger partial charge in [0, 0.05) is 21.7 Å². The van der Waals surface area contributed by atoms with Crippen LogP contribution in [0, 0.1) is 3.57 Å². The maximum Gasteiger partial charge on any atom is 0.333 e. The Morgan fingerprint density at radius 3 is 2.69 bits per heavy atom. The van der Waals surface area contributed by atoms with Crippen molar-refractivity contribution in [3.63, 3.8) is 0 Å². The van der Waals surface area contributed by atoms with Crippen LogP contribution in [0.25, 0.3) is 11.2 Å². The maximum absolute atomic E-state index is 13.3. The lowest BCUT2D eigenvalue weighted by atomic mass is 10.1. The van der Waals surface area contributed by atoms with Crippen LogP contribution in [0.15, 0.2) is 27.8 Å². The first-order valence-corrected chi connectivity index (χ1v) is 11.3. The summed E-state index contributed by atoms with van der Waals surface area (Å²) in [7, 11) is 0. The number of rotatable bonds is 5. The van der Waals surface area contributed by atoms with Crippen molar-refractivity contribution in [1.82, 2.24) is 19.1 Å². The van der Waals surface area contributed by atoms with Crippen molar-refractivity contribution in [3.8, 4) is 0 Å². The molecule has 0 radical (unpaired) electrons. The third kappa shape index (κ3) is 3.51. The monoisotopic (exact) mass is 507 g/mol. The number of aromatic amines is 1. The highest BCUT2D eigenvalue weighted by molar-refractivity contribution is 14.1. The summed E-state index contributed by atoms with van der Waals surface area (Å²) < 4.78 is 3.92. The van der Waals surface area contributed by atoms with Gasteiger partial charge in [-0.25, -0.2) is 9.78 Å². The van der Waals surface area contributed by atoms with Crippen LogP contribution < -0.4 is 17.0 Å². The van der Waals surface area contributed by atoms with E-state index in [1.54, 1.807) is 4.57 Å². The average molecular weight is 507 g/mol. The SMILES string of the molecule is CCCn1c(=O)c2[nH]c(C3CCCC3)nc2n(C(C)c2ccc(N)c(I)c2)c1=O. The maximum atomic E-state index is 13.3. The van der Waals surface area contributed by atoms with Crippen LogP contribution in [0.3, 0.4) is 0 Å². The summed E-state index contributed by atoms with van der Waals surface area (Å²) >= 11 is 2.20. The third-order valence-corrected chi connectivity index (χ3v) is 6.84. The standard InChI is InChI=1S/C21H26IN5O2/c1-3-10-26-20(28)17-19(25-18(24-17)13-6-4-5-7-13)27(21(26)29)12(2)14-8-9-16(23)15(22)11-14/h8-9,11-13H,3-7,10,23H2,1-2H3,(H,24,25). The molecule has 8 heteroatoms. The average Bonchev–Trinajstić information content (AvgIpc) is 3.37. The first-order valence-electron chi connectivity index (χ1n) is 10.2. The van der Waals surface area contributed by atoms with E-state index < -0.39 is 0 Å². The Hall–Kier alpha value is -2.10. The Bertz CT molecular complexity index is 1170. The molecule has 1 saturated carbocycles. The third-order valence-electron chi connectivity index (χ3n) is 5.91. The topological polar surface area (TPSA) is 98.7 Å². The van der Waals surface area contributed by atoms with Crippen molar-refractivity contribution in [2.75, 3.05) is 5.73 Å². The van der Waals surface area contributed by atoms with Crippen molar-refractivity contribution in [2.24, 2.45) is 0 Å². The number of nitrogens with zero attached hydrogens (tertiary/aromatic N) is 3. The van der Waals surface area contributed by atoms with E-state index in [1.807, 2.05) is 32.0 Å². The zero-order valence-corrected chi connectivity index (χ0v) is 18.9. The summed E-state index contributed by atoms with van der Waals surface area (Å²) in [6, 6.07) is 5.49. The number of nitrogens with one attached hydrogen (secondary N) is 1. The minimum atomic E-state index is -0.312. The molecule has 3 N–H and O–H groups in total. The minimum absolute atomic E-state index is 0.275. The fraction of sp³-hybridized carbons (Fsp3) is 0.476. The zero-order valence-electron chi connectivity index (χ0n) is 16.7. The predicted octanol–water partition coefficient (Wildman–Crippen LogP) is 3.75. The summed E-state index contributed by atoms with van der Waals surface area (Å²) in [6.07, 6.45) is 5.19. The van der Waals surface area contributed by atoms with Gasteiger partial charge in [0.05, 0.1) is 6.04 Å². The second-order valence-corrected chi connectivity index (χ2v) is 9.03. The van der Waals surface area contributed by atoms with E-state index in [2.05, 4.69) is 27.6 Å². The quantitative estimate of drug-likeness (QED) is 0.406. The summed E-state index contributed by atoms with van der Waals surface area (Å²) in [6.45, 7) is 4.31. The number of fused-ring (bicyclic) bond motifs is 1. The summed E-state index contributed by atoms with van der Waals surface area (Å²) in [5.74, 6) is 1.16. The number of hydrogen-bond donors (Lipinski definition) is 2. The van der Waals surface area contributed by atoms with Gasteiger partial charge in [0.15, 0.2) is 5.65 Å². The number of aromatic nitrogens is 4. The van der Waals surface area contributed by atoms with Gasteiger partial charge >= 0.3 is 5.69 Å². The van der Waals surface area contributed by atoms with Crippen LogP contribution in [0.2, 0.25) is 0 Å². The molecule has 2 heterocycles. The normalized spacial score (nSPS) is 16.0. The molecule has 3 aromatic rings. The molecule has 0 spiro atoms. The van der Waals surface area contributed by atoms with Gasteiger partial charge in [-0.1, -0.05) is 25.8 Å². The lowest BCUT2D eigenvalue weighted by Gasteiger charge is -2.18. The van der Waals surface area contributed by atoms with E-state index in [0.717, 1.165) is 27.8 Å². The molecular weight excluding hydrogens is 481 g/mol. The molecule has 4 rings (SSSR count).